The number of benzene rings is 2. The fraction of sp³-hybridized carbons (Fsp3) is 0.364. The minimum absolute atomic E-state index is 0.0428. The molecular formula is C22H26N2O3. The number of carbonyl (C=O) groups excluding carboxylic acids is 2. The van der Waals surface area contributed by atoms with Crippen molar-refractivity contribution in [3.8, 4) is 5.75 Å². The minimum atomic E-state index is -0.479. The van der Waals surface area contributed by atoms with E-state index in [1.54, 1.807) is 24.1 Å². The number of hydrogen-bond acceptors (Lipinski definition) is 3. The normalized spacial score (nSPS) is 14.7. The van der Waals surface area contributed by atoms with Gasteiger partial charge < -0.3 is 15.0 Å². The van der Waals surface area contributed by atoms with E-state index in [2.05, 4.69) is 5.32 Å². The van der Waals surface area contributed by atoms with Crippen molar-refractivity contribution < 1.29 is 14.3 Å². The summed E-state index contributed by atoms with van der Waals surface area (Å²) in [5.74, 6) is 0.512. The number of amides is 2. The van der Waals surface area contributed by atoms with Crippen molar-refractivity contribution in [1.29, 1.82) is 0 Å². The Labute approximate surface area is 160 Å². The van der Waals surface area contributed by atoms with Crippen molar-refractivity contribution in [3.05, 3.63) is 60.2 Å². The molecule has 0 aromatic heterocycles. The number of methoxy groups -OCH3 is 1. The van der Waals surface area contributed by atoms with Gasteiger partial charge in [0, 0.05) is 18.3 Å². The summed E-state index contributed by atoms with van der Waals surface area (Å²) in [5, 5.41) is 2.85. The van der Waals surface area contributed by atoms with Crippen LogP contribution in [0.25, 0.3) is 0 Å². The lowest BCUT2D eigenvalue weighted by Gasteiger charge is -2.43. The molecule has 1 fully saturated rings. The summed E-state index contributed by atoms with van der Waals surface area (Å²) < 4.78 is 5.18. The Morgan fingerprint density at radius 2 is 1.85 bits per heavy atom. The van der Waals surface area contributed by atoms with Crippen LogP contribution < -0.4 is 10.1 Å². The van der Waals surface area contributed by atoms with Crippen molar-refractivity contribution in [1.82, 2.24) is 4.90 Å². The van der Waals surface area contributed by atoms with Crippen molar-refractivity contribution in [2.45, 2.75) is 31.6 Å². The molecule has 142 valence electrons. The maximum atomic E-state index is 13.3. The van der Waals surface area contributed by atoms with Gasteiger partial charge in [0.15, 0.2) is 0 Å². The minimum Gasteiger partial charge on any atom is -0.497 e. The van der Waals surface area contributed by atoms with Crippen molar-refractivity contribution in [2.24, 2.45) is 0 Å². The molecule has 1 saturated carbocycles. The van der Waals surface area contributed by atoms with Crippen LogP contribution in [0.2, 0.25) is 0 Å². The lowest BCUT2D eigenvalue weighted by atomic mass is 9.63. The largest absolute Gasteiger partial charge is 0.497 e. The Kier molecular flexibility index (Phi) is 5.79. The third kappa shape index (κ3) is 3.97. The van der Waals surface area contributed by atoms with Crippen LogP contribution in [0.1, 0.15) is 31.7 Å². The second-order valence-electron chi connectivity index (χ2n) is 6.90. The van der Waals surface area contributed by atoms with Gasteiger partial charge in [-0.25, -0.2) is 0 Å². The van der Waals surface area contributed by atoms with Crippen LogP contribution in [-0.4, -0.2) is 36.9 Å². The molecular weight excluding hydrogens is 340 g/mol. The monoisotopic (exact) mass is 366 g/mol. The van der Waals surface area contributed by atoms with Crippen LogP contribution in [0.3, 0.4) is 0 Å². The Hall–Kier alpha value is -2.82. The van der Waals surface area contributed by atoms with Crippen LogP contribution in [0, 0.1) is 0 Å². The third-order valence-electron chi connectivity index (χ3n) is 5.30. The van der Waals surface area contributed by atoms with Crippen LogP contribution in [0.4, 0.5) is 5.69 Å². The van der Waals surface area contributed by atoms with E-state index >= 15 is 0 Å². The maximum Gasteiger partial charge on any atom is 0.243 e. The average Bonchev–Trinajstić information content (AvgIpc) is 2.66. The molecule has 0 radical (unpaired) electrons. The molecule has 0 aliphatic heterocycles. The number of nitrogens with one attached hydrogen (secondary N) is 1. The number of hydrogen-bond donors (Lipinski definition) is 1. The van der Waals surface area contributed by atoms with E-state index in [0.29, 0.717) is 18.0 Å². The second kappa shape index (κ2) is 8.25. The molecule has 0 spiro atoms. The smallest absolute Gasteiger partial charge is 0.243 e. The van der Waals surface area contributed by atoms with Crippen molar-refractivity contribution in [3.63, 3.8) is 0 Å². The van der Waals surface area contributed by atoms with Gasteiger partial charge in [0.05, 0.1) is 19.1 Å². The number of anilines is 1. The van der Waals surface area contributed by atoms with Gasteiger partial charge in [-0.05, 0) is 37.5 Å². The van der Waals surface area contributed by atoms with Gasteiger partial charge in [0.2, 0.25) is 11.8 Å². The van der Waals surface area contributed by atoms with Gasteiger partial charge in [-0.15, -0.1) is 0 Å². The predicted molar refractivity (Wildman–Crippen MR) is 106 cm³/mol. The second-order valence-corrected chi connectivity index (χ2v) is 6.90. The number of ether oxygens (including phenoxy) is 1. The predicted octanol–water partition coefficient (Wildman–Crippen LogP) is 3.60. The van der Waals surface area contributed by atoms with Gasteiger partial charge in [0.1, 0.15) is 5.75 Å². The van der Waals surface area contributed by atoms with E-state index < -0.39 is 5.41 Å². The van der Waals surface area contributed by atoms with E-state index in [4.69, 9.17) is 4.74 Å². The van der Waals surface area contributed by atoms with Crippen LogP contribution in [0.5, 0.6) is 5.75 Å². The van der Waals surface area contributed by atoms with E-state index in [-0.39, 0.29) is 18.4 Å². The van der Waals surface area contributed by atoms with Gasteiger partial charge in [-0.1, -0.05) is 42.8 Å². The standard InChI is InChI=1S/C22H26N2O3/c1-3-24(16-20(25)23-18-11-7-12-19(15-18)27-2)21(26)22(13-8-14-22)17-9-5-4-6-10-17/h4-7,9-12,15H,3,8,13-14,16H2,1-2H3,(H,23,25). The van der Waals surface area contributed by atoms with Gasteiger partial charge in [-0.3, -0.25) is 9.59 Å². The van der Waals surface area contributed by atoms with Crippen LogP contribution in [-0.2, 0) is 15.0 Å². The molecule has 5 nitrogen and oxygen atoms in total. The van der Waals surface area contributed by atoms with E-state index in [0.717, 1.165) is 24.8 Å². The van der Waals surface area contributed by atoms with Crippen molar-refractivity contribution >= 4 is 17.5 Å². The lowest BCUT2D eigenvalue weighted by molar-refractivity contribution is -0.143. The molecule has 0 saturated heterocycles. The highest BCUT2D eigenvalue weighted by atomic mass is 16.5. The van der Waals surface area contributed by atoms with E-state index in [1.807, 2.05) is 49.4 Å². The number of carbonyl (C=O) groups is 2. The SMILES string of the molecule is CCN(CC(=O)Nc1cccc(OC)c1)C(=O)C1(c2ccccc2)CCC1. The highest BCUT2D eigenvalue weighted by Gasteiger charge is 2.47. The van der Waals surface area contributed by atoms with Gasteiger partial charge in [0.25, 0.3) is 0 Å². The lowest BCUT2D eigenvalue weighted by Crippen LogP contribution is -2.52. The summed E-state index contributed by atoms with van der Waals surface area (Å²) >= 11 is 0. The Balaban J connectivity index is 1.70. The summed E-state index contributed by atoms with van der Waals surface area (Å²) in [6, 6.07) is 17.1. The van der Waals surface area contributed by atoms with Gasteiger partial charge >= 0.3 is 0 Å². The zero-order chi connectivity index (χ0) is 19.3. The molecule has 0 unspecified atom stereocenters. The topological polar surface area (TPSA) is 58.6 Å². The molecule has 0 bridgehead atoms. The van der Waals surface area contributed by atoms with E-state index in [9.17, 15) is 9.59 Å². The van der Waals surface area contributed by atoms with Crippen LogP contribution in [0.15, 0.2) is 54.6 Å². The zero-order valence-electron chi connectivity index (χ0n) is 15.9. The molecule has 0 heterocycles. The number of nitrogens with zero attached hydrogens (tertiary/aromatic N) is 1. The van der Waals surface area contributed by atoms with Crippen molar-refractivity contribution in [2.75, 3.05) is 25.5 Å². The molecule has 2 aromatic carbocycles. The summed E-state index contributed by atoms with van der Waals surface area (Å²) in [5.41, 5.74) is 1.23. The quantitative estimate of drug-likeness (QED) is 0.814. The van der Waals surface area contributed by atoms with Gasteiger partial charge in [-0.2, -0.15) is 0 Å². The maximum absolute atomic E-state index is 13.3. The summed E-state index contributed by atoms with van der Waals surface area (Å²) in [6.45, 7) is 2.45. The highest BCUT2D eigenvalue weighted by molar-refractivity contribution is 5.97. The molecule has 0 atom stereocenters. The first-order chi connectivity index (χ1) is 13.1. The summed E-state index contributed by atoms with van der Waals surface area (Å²) in [4.78, 5) is 27.5. The molecule has 1 N–H and O–H groups in total. The summed E-state index contributed by atoms with van der Waals surface area (Å²) in [7, 11) is 1.58. The summed E-state index contributed by atoms with van der Waals surface area (Å²) in [6.07, 6.45) is 2.71. The molecule has 2 amide bonds. The fourth-order valence-electron chi connectivity index (χ4n) is 3.62. The van der Waals surface area contributed by atoms with E-state index in [1.165, 1.54) is 0 Å². The Bertz CT molecular complexity index is 800. The molecule has 3 rings (SSSR count). The first-order valence-corrected chi connectivity index (χ1v) is 9.38. The fourth-order valence-corrected chi connectivity index (χ4v) is 3.62. The third-order valence-corrected chi connectivity index (χ3v) is 5.30. The average molecular weight is 366 g/mol. The molecule has 1 aliphatic carbocycles. The highest BCUT2D eigenvalue weighted by Crippen LogP contribution is 2.45. The molecule has 2 aromatic rings. The molecule has 27 heavy (non-hydrogen) atoms. The number of rotatable bonds is 7. The first-order valence-electron chi connectivity index (χ1n) is 9.38. The first kappa shape index (κ1) is 19.0. The molecule has 5 heteroatoms. The Morgan fingerprint density at radius 3 is 2.44 bits per heavy atom. The zero-order valence-corrected chi connectivity index (χ0v) is 15.9. The molecule has 1 aliphatic rings. The Morgan fingerprint density at radius 1 is 1.11 bits per heavy atom. The number of likely N-dealkylation sites (N-methyl/N-ethyl adjacent to an activating group) is 1. The van der Waals surface area contributed by atoms with Crippen LogP contribution >= 0.6 is 0 Å².